The molecule has 1 unspecified atom stereocenters. The van der Waals surface area contributed by atoms with Gasteiger partial charge in [-0.15, -0.1) is 0 Å². The number of ether oxygens (including phenoxy) is 2. The maximum absolute atomic E-state index is 13.6. The number of hydrogen-bond donors (Lipinski definition) is 0. The highest BCUT2D eigenvalue weighted by atomic mass is 19.1. The fourth-order valence-electron chi connectivity index (χ4n) is 3.96. The summed E-state index contributed by atoms with van der Waals surface area (Å²) in [6.07, 6.45) is 4.16. The van der Waals surface area contributed by atoms with Crippen molar-refractivity contribution >= 4 is 16.8 Å². The molecule has 1 heterocycles. The van der Waals surface area contributed by atoms with Crippen molar-refractivity contribution in [3.8, 4) is 11.5 Å². The zero-order valence-corrected chi connectivity index (χ0v) is 15.9. The van der Waals surface area contributed by atoms with E-state index in [9.17, 15) is 4.39 Å². The number of halogens is 1. The van der Waals surface area contributed by atoms with Crippen LogP contribution in [0.5, 0.6) is 11.5 Å². The van der Waals surface area contributed by atoms with E-state index in [1.54, 1.807) is 19.2 Å². The lowest BCUT2D eigenvalue weighted by molar-refractivity contribution is 0.161. The van der Waals surface area contributed by atoms with Crippen molar-refractivity contribution in [1.82, 2.24) is 0 Å². The molecule has 0 radical (unpaired) electrons. The van der Waals surface area contributed by atoms with Crippen LogP contribution in [0.2, 0.25) is 0 Å². The van der Waals surface area contributed by atoms with E-state index < -0.39 is 5.60 Å². The van der Waals surface area contributed by atoms with Crippen molar-refractivity contribution in [2.24, 2.45) is 0 Å². The van der Waals surface area contributed by atoms with Crippen LogP contribution in [0.15, 0.2) is 91.0 Å². The molecule has 0 aromatic heterocycles. The Morgan fingerprint density at radius 2 is 1.48 bits per heavy atom. The monoisotopic (exact) mass is 382 g/mol. The molecule has 0 spiro atoms. The first-order valence-electron chi connectivity index (χ1n) is 9.50. The van der Waals surface area contributed by atoms with Gasteiger partial charge in [0.1, 0.15) is 17.3 Å². The largest absolute Gasteiger partial charge is 0.497 e. The first kappa shape index (κ1) is 17.5. The maximum Gasteiger partial charge on any atom is 0.178 e. The second-order valence-electron chi connectivity index (χ2n) is 7.10. The third-order valence-electron chi connectivity index (χ3n) is 5.48. The molecule has 1 atom stereocenters. The molecular weight excluding hydrogens is 363 g/mol. The standard InChI is InChI=1S/C26H19FO2/c1-28-22-13-9-20(10-14-22)26(19-7-11-21(27)12-8-19)17-16-24-23-5-3-2-4-18(23)6-15-25(24)29-26/h2-17H,1H3. The Morgan fingerprint density at radius 1 is 0.793 bits per heavy atom. The van der Waals surface area contributed by atoms with E-state index in [1.165, 1.54) is 17.5 Å². The van der Waals surface area contributed by atoms with Crippen molar-refractivity contribution in [3.63, 3.8) is 0 Å². The summed E-state index contributed by atoms with van der Waals surface area (Å²) < 4.78 is 25.6. The van der Waals surface area contributed by atoms with Crippen molar-refractivity contribution in [1.29, 1.82) is 0 Å². The number of hydrogen-bond acceptors (Lipinski definition) is 2. The molecule has 3 heteroatoms. The summed E-state index contributed by atoms with van der Waals surface area (Å²) in [6.45, 7) is 0. The van der Waals surface area contributed by atoms with Gasteiger partial charge in [0.2, 0.25) is 0 Å². The minimum absolute atomic E-state index is 0.273. The Hall–Kier alpha value is -3.59. The van der Waals surface area contributed by atoms with Gasteiger partial charge in [0.05, 0.1) is 7.11 Å². The fraction of sp³-hybridized carbons (Fsp3) is 0.0769. The van der Waals surface area contributed by atoms with Crippen molar-refractivity contribution in [2.45, 2.75) is 5.60 Å². The topological polar surface area (TPSA) is 18.5 Å². The van der Waals surface area contributed by atoms with Gasteiger partial charge in [0.25, 0.3) is 0 Å². The van der Waals surface area contributed by atoms with Gasteiger partial charge in [-0.1, -0.05) is 54.6 Å². The molecule has 0 saturated carbocycles. The summed E-state index contributed by atoms with van der Waals surface area (Å²) in [5.41, 5.74) is 2.00. The summed E-state index contributed by atoms with van der Waals surface area (Å²) in [6, 6.07) is 26.6. The minimum atomic E-state index is -0.852. The fourth-order valence-corrected chi connectivity index (χ4v) is 3.96. The van der Waals surface area contributed by atoms with Crippen molar-refractivity contribution in [3.05, 3.63) is 114 Å². The van der Waals surface area contributed by atoms with Gasteiger partial charge in [0.15, 0.2) is 5.60 Å². The molecule has 2 nitrogen and oxygen atoms in total. The van der Waals surface area contributed by atoms with Crippen LogP contribution >= 0.6 is 0 Å². The van der Waals surface area contributed by atoms with Gasteiger partial charge < -0.3 is 9.47 Å². The van der Waals surface area contributed by atoms with Crippen LogP contribution in [0.1, 0.15) is 16.7 Å². The van der Waals surface area contributed by atoms with Crippen molar-refractivity contribution < 1.29 is 13.9 Å². The second-order valence-corrected chi connectivity index (χ2v) is 7.10. The van der Waals surface area contributed by atoms with Crippen LogP contribution in [0.4, 0.5) is 4.39 Å². The third kappa shape index (κ3) is 2.87. The molecule has 142 valence electrons. The maximum atomic E-state index is 13.6. The number of rotatable bonds is 3. The van der Waals surface area contributed by atoms with Crippen LogP contribution in [0.3, 0.4) is 0 Å². The Bertz CT molecular complexity index is 1210. The normalized spacial score (nSPS) is 17.6. The lowest BCUT2D eigenvalue weighted by Crippen LogP contribution is -2.34. The lowest BCUT2D eigenvalue weighted by atomic mass is 9.83. The number of benzene rings is 4. The van der Waals surface area contributed by atoms with E-state index in [1.807, 2.05) is 42.5 Å². The third-order valence-corrected chi connectivity index (χ3v) is 5.48. The Morgan fingerprint density at radius 3 is 2.21 bits per heavy atom. The molecule has 0 N–H and O–H groups in total. The average Bonchev–Trinajstić information content (AvgIpc) is 2.79. The van der Waals surface area contributed by atoms with E-state index in [2.05, 4.69) is 30.4 Å². The van der Waals surface area contributed by atoms with E-state index in [0.717, 1.165) is 33.6 Å². The lowest BCUT2D eigenvalue weighted by Gasteiger charge is -2.36. The van der Waals surface area contributed by atoms with E-state index >= 15 is 0 Å². The number of fused-ring (bicyclic) bond motifs is 3. The molecule has 0 aliphatic carbocycles. The average molecular weight is 382 g/mol. The quantitative estimate of drug-likeness (QED) is 0.412. The van der Waals surface area contributed by atoms with Gasteiger partial charge in [-0.05, 0) is 53.3 Å². The Kier molecular flexibility index (Phi) is 4.09. The smallest absolute Gasteiger partial charge is 0.178 e. The highest BCUT2D eigenvalue weighted by Crippen LogP contribution is 2.44. The zero-order valence-electron chi connectivity index (χ0n) is 15.9. The van der Waals surface area contributed by atoms with E-state index in [0.29, 0.717) is 0 Å². The summed E-state index contributed by atoms with van der Waals surface area (Å²) in [7, 11) is 1.64. The molecule has 1 aliphatic rings. The van der Waals surface area contributed by atoms with Gasteiger partial charge in [-0.25, -0.2) is 4.39 Å². The molecule has 4 aromatic rings. The summed E-state index contributed by atoms with van der Waals surface area (Å²) >= 11 is 0. The molecule has 0 amide bonds. The Labute approximate surface area is 168 Å². The molecule has 0 bridgehead atoms. The van der Waals surface area contributed by atoms with Crippen LogP contribution in [-0.4, -0.2) is 7.11 Å². The van der Waals surface area contributed by atoms with Crippen LogP contribution in [0, 0.1) is 5.82 Å². The molecule has 0 saturated heterocycles. The van der Waals surface area contributed by atoms with Crippen LogP contribution < -0.4 is 9.47 Å². The SMILES string of the molecule is COc1ccc(C2(c3ccc(F)cc3)C=Cc3c(ccc4ccccc34)O2)cc1. The number of methoxy groups -OCH3 is 1. The molecule has 29 heavy (non-hydrogen) atoms. The predicted molar refractivity (Wildman–Crippen MR) is 114 cm³/mol. The minimum Gasteiger partial charge on any atom is -0.497 e. The first-order chi connectivity index (χ1) is 14.2. The van der Waals surface area contributed by atoms with E-state index in [-0.39, 0.29) is 5.82 Å². The summed E-state index contributed by atoms with van der Waals surface area (Å²) in [5, 5.41) is 2.31. The van der Waals surface area contributed by atoms with Gasteiger partial charge in [-0.3, -0.25) is 0 Å². The van der Waals surface area contributed by atoms with Gasteiger partial charge in [-0.2, -0.15) is 0 Å². The van der Waals surface area contributed by atoms with Crippen LogP contribution in [0.25, 0.3) is 16.8 Å². The van der Waals surface area contributed by atoms with Gasteiger partial charge in [0, 0.05) is 16.7 Å². The molecular formula is C26H19FO2. The summed E-state index contributed by atoms with van der Waals surface area (Å²) in [4.78, 5) is 0. The van der Waals surface area contributed by atoms with Crippen molar-refractivity contribution in [2.75, 3.05) is 7.11 Å². The zero-order chi connectivity index (χ0) is 19.8. The molecule has 5 rings (SSSR count). The van der Waals surface area contributed by atoms with E-state index in [4.69, 9.17) is 9.47 Å². The van der Waals surface area contributed by atoms with Gasteiger partial charge >= 0.3 is 0 Å². The molecule has 4 aromatic carbocycles. The molecule has 1 aliphatic heterocycles. The Balaban J connectivity index is 1.71. The highest BCUT2D eigenvalue weighted by Gasteiger charge is 2.37. The van der Waals surface area contributed by atoms with Crippen LogP contribution in [-0.2, 0) is 5.60 Å². The predicted octanol–water partition coefficient (Wildman–Crippen LogP) is 6.34. The summed E-state index contributed by atoms with van der Waals surface area (Å²) in [5.74, 6) is 1.30. The highest BCUT2D eigenvalue weighted by molar-refractivity contribution is 5.94. The molecule has 0 fully saturated rings. The second kappa shape index (κ2) is 6.78. The first-order valence-corrected chi connectivity index (χ1v) is 9.50.